The fourth-order valence-electron chi connectivity index (χ4n) is 1.53. The van der Waals surface area contributed by atoms with Gasteiger partial charge in [-0.2, -0.15) is 4.98 Å². The van der Waals surface area contributed by atoms with Gasteiger partial charge in [-0.15, -0.1) is 0 Å². The van der Waals surface area contributed by atoms with Gasteiger partial charge < -0.3 is 10.5 Å². The van der Waals surface area contributed by atoms with Crippen LogP contribution in [-0.4, -0.2) is 15.9 Å². The number of nitrogens with zero attached hydrogens (tertiary/aromatic N) is 2. The van der Waals surface area contributed by atoms with E-state index in [9.17, 15) is 4.79 Å². The Kier molecular flexibility index (Phi) is 4.34. The quantitative estimate of drug-likeness (QED) is 0.870. The summed E-state index contributed by atoms with van der Waals surface area (Å²) in [5.74, 6) is 1.45. The second-order valence-corrected chi connectivity index (χ2v) is 5.34. The summed E-state index contributed by atoms with van der Waals surface area (Å²) in [6.07, 6.45) is 0. The van der Waals surface area contributed by atoms with E-state index < -0.39 is 5.91 Å². The molecule has 20 heavy (non-hydrogen) atoms. The number of hydrogen-bond donors (Lipinski definition) is 1. The first-order valence-corrected chi connectivity index (χ1v) is 6.87. The van der Waals surface area contributed by atoms with Crippen LogP contribution in [0.25, 0.3) is 0 Å². The summed E-state index contributed by atoms with van der Waals surface area (Å²) in [7, 11) is 0. The van der Waals surface area contributed by atoms with E-state index in [0.717, 1.165) is 0 Å². The molecule has 1 amide bonds. The molecule has 6 heteroatoms. The average Bonchev–Trinajstić information content (AvgIpc) is 2.38. The number of amides is 1. The predicted octanol–water partition coefficient (Wildman–Crippen LogP) is 3.25. The van der Waals surface area contributed by atoms with Crippen molar-refractivity contribution in [3.8, 4) is 11.6 Å². The molecule has 2 rings (SSSR count). The van der Waals surface area contributed by atoms with Crippen molar-refractivity contribution in [2.75, 3.05) is 0 Å². The van der Waals surface area contributed by atoms with Crippen molar-refractivity contribution in [1.29, 1.82) is 0 Å². The van der Waals surface area contributed by atoms with E-state index in [1.807, 2.05) is 13.8 Å². The third-order valence-corrected chi connectivity index (χ3v) is 2.97. The molecular formula is C14H14BrN3O2. The second-order valence-electron chi connectivity index (χ2n) is 4.53. The van der Waals surface area contributed by atoms with Crippen molar-refractivity contribution in [1.82, 2.24) is 9.97 Å². The van der Waals surface area contributed by atoms with Crippen LogP contribution in [0.2, 0.25) is 0 Å². The van der Waals surface area contributed by atoms with E-state index in [2.05, 4.69) is 25.9 Å². The molecule has 0 aliphatic rings. The van der Waals surface area contributed by atoms with Gasteiger partial charge in [-0.05, 0) is 40.2 Å². The van der Waals surface area contributed by atoms with Crippen molar-refractivity contribution in [3.63, 3.8) is 0 Å². The van der Waals surface area contributed by atoms with Crippen LogP contribution in [-0.2, 0) is 0 Å². The minimum atomic E-state index is -0.469. The number of primary amides is 1. The molecule has 0 bridgehead atoms. The van der Waals surface area contributed by atoms with Crippen molar-refractivity contribution in [2.45, 2.75) is 19.8 Å². The zero-order chi connectivity index (χ0) is 14.7. The summed E-state index contributed by atoms with van der Waals surface area (Å²) in [6, 6.07) is 8.25. The Balaban J connectivity index is 2.23. The number of rotatable bonds is 4. The maximum atomic E-state index is 11.0. The van der Waals surface area contributed by atoms with Crippen molar-refractivity contribution >= 4 is 21.8 Å². The zero-order valence-corrected chi connectivity index (χ0v) is 12.7. The van der Waals surface area contributed by atoms with E-state index in [4.69, 9.17) is 10.5 Å². The summed E-state index contributed by atoms with van der Waals surface area (Å²) in [5.41, 5.74) is 5.62. The lowest BCUT2D eigenvalue weighted by atomic mass is 10.2. The SMILES string of the molecule is CC(C)c1nc(Br)cc(Oc2ccc(C(N)=O)cc2)n1. The van der Waals surface area contributed by atoms with E-state index in [0.29, 0.717) is 27.6 Å². The Morgan fingerprint density at radius 1 is 1.25 bits per heavy atom. The van der Waals surface area contributed by atoms with Gasteiger partial charge in [0.2, 0.25) is 11.8 Å². The summed E-state index contributed by atoms with van der Waals surface area (Å²) in [4.78, 5) is 19.6. The molecule has 2 N–H and O–H groups in total. The monoisotopic (exact) mass is 335 g/mol. The Hall–Kier alpha value is -1.95. The van der Waals surface area contributed by atoms with Crippen LogP contribution >= 0.6 is 15.9 Å². The van der Waals surface area contributed by atoms with Gasteiger partial charge in [0.15, 0.2) is 0 Å². The minimum absolute atomic E-state index is 0.201. The summed E-state index contributed by atoms with van der Waals surface area (Å²) >= 11 is 3.33. The molecule has 0 aliphatic heterocycles. The molecule has 1 aromatic carbocycles. The number of hydrogen-bond acceptors (Lipinski definition) is 4. The number of halogens is 1. The average molecular weight is 336 g/mol. The molecule has 0 atom stereocenters. The van der Waals surface area contributed by atoms with Crippen LogP contribution < -0.4 is 10.5 Å². The molecule has 0 radical (unpaired) electrons. The van der Waals surface area contributed by atoms with E-state index >= 15 is 0 Å². The van der Waals surface area contributed by atoms with Gasteiger partial charge in [-0.1, -0.05) is 13.8 Å². The third kappa shape index (κ3) is 3.54. The Bertz CT molecular complexity index is 627. The Morgan fingerprint density at radius 3 is 2.45 bits per heavy atom. The molecule has 1 heterocycles. The molecule has 1 aromatic heterocycles. The second kappa shape index (κ2) is 6.00. The van der Waals surface area contributed by atoms with Gasteiger partial charge in [0.05, 0.1) is 0 Å². The maximum Gasteiger partial charge on any atom is 0.248 e. The number of benzene rings is 1. The Morgan fingerprint density at radius 2 is 1.90 bits per heavy atom. The number of nitrogens with two attached hydrogens (primary N) is 1. The van der Waals surface area contributed by atoms with Crippen molar-refractivity contribution in [3.05, 3.63) is 46.3 Å². The molecule has 0 saturated carbocycles. The topological polar surface area (TPSA) is 78.1 Å². The third-order valence-electron chi connectivity index (χ3n) is 2.57. The highest BCUT2D eigenvalue weighted by Gasteiger charge is 2.09. The van der Waals surface area contributed by atoms with Gasteiger partial charge in [0.25, 0.3) is 0 Å². The molecular weight excluding hydrogens is 322 g/mol. The van der Waals surface area contributed by atoms with E-state index in [1.165, 1.54) is 0 Å². The zero-order valence-electron chi connectivity index (χ0n) is 11.1. The predicted molar refractivity (Wildman–Crippen MR) is 78.9 cm³/mol. The molecule has 0 fully saturated rings. The molecule has 5 nitrogen and oxygen atoms in total. The first kappa shape index (κ1) is 14.5. The van der Waals surface area contributed by atoms with Gasteiger partial charge >= 0.3 is 0 Å². The molecule has 104 valence electrons. The molecule has 0 unspecified atom stereocenters. The number of aromatic nitrogens is 2. The van der Waals surface area contributed by atoms with Crippen molar-refractivity contribution in [2.24, 2.45) is 5.73 Å². The fraction of sp³-hybridized carbons (Fsp3) is 0.214. The van der Waals surface area contributed by atoms with Crippen LogP contribution in [0.5, 0.6) is 11.6 Å². The van der Waals surface area contributed by atoms with Crippen LogP contribution in [0.15, 0.2) is 34.9 Å². The lowest BCUT2D eigenvalue weighted by Gasteiger charge is -2.09. The Labute approximate surface area is 125 Å². The van der Waals surface area contributed by atoms with Crippen molar-refractivity contribution < 1.29 is 9.53 Å². The van der Waals surface area contributed by atoms with Gasteiger partial charge in [0.1, 0.15) is 16.2 Å². The minimum Gasteiger partial charge on any atom is -0.439 e. The highest BCUT2D eigenvalue weighted by atomic mass is 79.9. The van der Waals surface area contributed by atoms with Crippen LogP contribution in [0.4, 0.5) is 0 Å². The standard InChI is InChI=1S/C14H14BrN3O2/c1-8(2)14-17-11(15)7-12(18-14)20-10-5-3-9(4-6-10)13(16)19/h3-8H,1-2H3,(H2,16,19). The molecule has 0 saturated heterocycles. The van der Waals surface area contributed by atoms with Gasteiger partial charge in [0, 0.05) is 17.5 Å². The fourth-order valence-corrected chi connectivity index (χ4v) is 1.91. The normalized spacial score (nSPS) is 10.6. The number of carbonyl (C=O) groups excluding carboxylic acids is 1. The maximum absolute atomic E-state index is 11.0. The lowest BCUT2D eigenvalue weighted by molar-refractivity contribution is 0.100. The molecule has 0 aliphatic carbocycles. The summed E-state index contributed by atoms with van der Waals surface area (Å²) in [5, 5.41) is 0. The van der Waals surface area contributed by atoms with Gasteiger partial charge in [-0.3, -0.25) is 4.79 Å². The highest BCUT2D eigenvalue weighted by molar-refractivity contribution is 9.10. The van der Waals surface area contributed by atoms with Crippen LogP contribution in [0.3, 0.4) is 0 Å². The van der Waals surface area contributed by atoms with E-state index in [1.54, 1.807) is 30.3 Å². The highest BCUT2D eigenvalue weighted by Crippen LogP contribution is 2.24. The first-order valence-electron chi connectivity index (χ1n) is 6.08. The summed E-state index contributed by atoms with van der Waals surface area (Å²) < 4.78 is 6.32. The smallest absolute Gasteiger partial charge is 0.248 e. The molecule has 2 aromatic rings. The van der Waals surface area contributed by atoms with Crippen LogP contribution in [0, 0.1) is 0 Å². The van der Waals surface area contributed by atoms with Gasteiger partial charge in [-0.25, -0.2) is 4.98 Å². The summed E-state index contributed by atoms with van der Waals surface area (Å²) in [6.45, 7) is 4.01. The largest absolute Gasteiger partial charge is 0.439 e. The molecule has 0 spiro atoms. The lowest BCUT2D eigenvalue weighted by Crippen LogP contribution is -2.10. The van der Waals surface area contributed by atoms with Crippen LogP contribution in [0.1, 0.15) is 35.9 Å². The number of carbonyl (C=O) groups is 1. The van der Waals surface area contributed by atoms with E-state index in [-0.39, 0.29) is 5.92 Å². The number of ether oxygens (including phenoxy) is 1. The first-order chi connectivity index (χ1) is 9.45.